The van der Waals surface area contributed by atoms with Crippen molar-refractivity contribution in [3.63, 3.8) is 0 Å². The van der Waals surface area contributed by atoms with E-state index < -0.39 is 40.9 Å². The Balaban J connectivity index is 3.49. The lowest BCUT2D eigenvalue weighted by Gasteiger charge is -2.19. The van der Waals surface area contributed by atoms with Crippen molar-refractivity contribution in [2.24, 2.45) is 5.73 Å². The van der Waals surface area contributed by atoms with Crippen molar-refractivity contribution in [1.82, 2.24) is 0 Å². The fourth-order valence-electron chi connectivity index (χ4n) is 1.25. The summed E-state index contributed by atoms with van der Waals surface area (Å²) in [7, 11) is 0. The molecule has 0 aliphatic carbocycles. The second-order valence-corrected chi connectivity index (χ2v) is 3.18. The molecule has 1 aromatic carbocycles. The lowest BCUT2D eigenvalue weighted by Crippen LogP contribution is -2.30. The Morgan fingerprint density at radius 3 is 2.29 bits per heavy atom. The van der Waals surface area contributed by atoms with Crippen LogP contribution in [0.3, 0.4) is 0 Å². The minimum absolute atomic E-state index is 0.547. The maximum absolute atomic E-state index is 12.9. The molecule has 0 aromatic heterocycles. The van der Waals surface area contributed by atoms with Gasteiger partial charge in [0.15, 0.2) is 11.6 Å². The summed E-state index contributed by atoms with van der Waals surface area (Å²) in [6.07, 6.45) is -4.99. The Morgan fingerprint density at radius 1 is 1.35 bits per heavy atom. The molecular weight excluding hydrogens is 246 g/mol. The van der Waals surface area contributed by atoms with Crippen LogP contribution in [0.2, 0.25) is 0 Å². The molecule has 0 saturated heterocycles. The first kappa shape index (κ1) is 13.2. The van der Waals surface area contributed by atoms with Crippen LogP contribution in [0.4, 0.5) is 17.6 Å². The lowest BCUT2D eigenvalue weighted by atomic mass is 9.99. The molecule has 1 atom stereocenters. The molecule has 0 fully saturated rings. The van der Waals surface area contributed by atoms with Crippen LogP contribution in [0, 0.1) is 5.82 Å². The first-order chi connectivity index (χ1) is 7.66. The van der Waals surface area contributed by atoms with Crippen molar-refractivity contribution in [3.05, 3.63) is 29.1 Å². The normalized spacial score (nSPS) is 13.5. The van der Waals surface area contributed by atoms with Gasteiger partial charge in [-0.2, -0.15) is 13.2 Å². The summed E-state index contributed by atoms with van der Waals surface area (Å²) in [4.78, 5) is 10.7. The van der Waals surface area contributed by atoms with Crippen molar-refractivity contribution in [1.29, 1.82) is 0 Å². The van der Waals surface area contributed by atoms with E-state index in [-0.39, 0.29) is 0 Å². The van der Waals surface area contributed by atoms with Gasteiger partial charge in [0, 0.05) is 5.56 Å². The number of carbonyl (C=O) groups is 1. The van der Waals surface area contributed by atoms with Gasteiger partial charge < -0.3 is 15.9 Å². The molecule has 0 aliphatic rings. The Bertz CT molecular complexity index is 458. The molecule has 8 heteroatoms. The molecule has 0 aliphatic heterocycles. The molecule has 0 unspecified atom stereocenters. The number of carboxylic acid groups (broad SMARTS) is 1. The van der Waals surface area contributed by atoms with E-state index in [1.807, 2.05) is 0 Å². The van der Waals surface area contributed by atoms with E-state index in [1.54, 1.807) is 0 Å². The van der Waals surface area contributed by atoms with E-state index in [0.717, 1.165) is 0 Å². The molecule has 94 valence electrons. The van der Waals surface area contributed by atoms with Gasteiger partial charge in [-0.25, -0.2) is 9.18 Å². The zero-order valence-electron chi connectivity index (χ0n) is 8.12. The van der Waals surface area contributed by atoms with Gasteiger partial charge in [-0.05, 0) is 12.1 Å². The summed E-state index contributed by atoms with van der Waals surface area (Å²) in [6, 6.07) is -1.62. The quantitative estimate of drug-likeness (QED) is 0.701. The van der Waals surface area contributed by atoms with Crippen LogP contribution in [0.1, 0.15) is 22.0 Å². The summed E-state index contributed by atoms with van der Waals surface area (Å²) < 4.78 is 49.9. The second kappa shape index (κ2) is 4.21. The number of carboxylic acids is 1. The predicted octanol–water partition coefficient (Wildman–Crippen LogP) is 1.79. The molecule has 4 N–H and O–H groups in total. The smallest absolute Gasteiger partial charge is 0.407 e. The summed E-state index contributed by atoms with van der Waals surface area (Å²) in [5, 5.41) is 17.8. The standard InChI is InChI=1S/C9H7F4NO3/c10-4-2-1-3(8(16)17)5(6(4)15)7(14)9(11,12)13/h1-2,7,15H,14H2,(H,16,17)/t7-/m0/s1. The van der Waals surface area contributed by atoms with Gasteiger partial charge in [-0.1, -0.05) is 0 Å². The molecule has 0 spiro atoms. The SMILES string of the molecule is N[C@@H](c1c(C(=O)O)ccc(F)c1O)C(F)(F)F. The second-order valence-electron chi connectivity index (χ2n) is 3.18. The Labute approximate surface area is 92.3 Å². The van der Waals surface area contributed by atoms with Crippen LogP contribution in [0.25, 0.3) is 0 Å². The number of halogens is 4. The van der Waals surface area contributed by atoms with E-state index in [4.69, 9.17) is 15.9 Å². The van der Waals surface area contributed by atoms with Crippen molar-refractivity contribution in [3.8, 4) is 5.75 Å². The number of alkyl halides is 3. The Hall–Kier alpha value is -1.83. The summed E-state index contributed by atoms with van der Waals surface area (Å²) in [5.41, 5.74) is 2.68. The number of aromatic carboxylic acids is 1. The topological polar surface area (TPSA) is 83.6 Å². The summed E-state index contributed by atoms with van der Waals surface area (Å²) >= 11 is 0. The zero-order valence-corrected chi connectivity index (χ0v) is 8.12. The number of rotatable bonds is 2. The number of phenolic OH excluding ortho intramolecular Hbond substituents is 1. The van der Waals surface area contributed by atoms with E-state index in [2.05, 4.69) is 0 Å². The van der Waals surface area contributed by atoms with E-state index in [9.17, 15) is 22.4 Å². The van der Waals surface area contributed by atoms with Crippen LogP contribution in [-0.4, -0.2) is 22.4 Å². The van der Waals surface area contributed by atoms with Crippen molar-refractivity contribution >= 4 is 5.97 Å². The van der Waals surface area contributed by atoms with Gasteiger partial charge in [0.1, 0.15) is 6.04 Å². The third-order valence-electron chi connectivity index (χ3n) is 2.06. The number of benzene rings is 1. The third kappa shape index (κ3) is 2.47. The molecule has 0 amide bonds. The highest BCUT2D eigenvalue weighted by atomic mass is 19.4. The molecule has 17 heavy (non-hydrogen) atoms. The Kier molecular flexibility index (Phi) is 3.28. The lowest BCUT2D eigenvalue weighted by molar-refractivity contribution is -0.149. The van der Waals surface area contributed by atoms with Gasteiger partial charge in [0.25, 0.3) is 0 Å². The molecule has 0 heterocycles. The number of nitrogens with two attached hydrogens (primary N) is 1. The maximum Gasteiger partial charge on any atom is 0.407 e. The number of hydrogen-bond donors (Lipinski definition) is 3. The molecule has 1 aromatic rings. The van der Waals surface area contributed by atoms with Crippen LogP contribution >= 0.6 is 0 Å². The monoisotopic (exact) mass is 253 g/mol. The van der Waals surface area contributed by atoms with Crippen molar-refractivity contribution in [2.75, 3.05) is 0 Å². The molecule has 4 nitrogen and oxygen atoms in total. The highest BCUT2D eigenvalue weighted by Gasteiger charge is 2.42. The van der Waals surface area contributed by atoms with E-state index in [1.165, 1.54) is 0 Å². The minimum atomic E-state index is -4.99. The minimum Gasteiger partial charge on any atom is -0.505 e. The van der Waals surface area contributed by atoms with Crippen molar-refractivity contribution < 1.29 is 32.6 Å². The van der Waals surface area contributed by atoms with Gasteiger partial charge >= 0.3 is 12.1 Å². The van der Waals surface area contributed by atoms with Gasteiger partial charge in [-0.15, -0.1) is 0 Å². The summed E-state index contributed by atoms with van der Waals surface area (Å²) in [5.74, 6) is -4.52. The number of hydrogen-bond acceptors (Lipinski definition) is 3. The van der Waals surface area contributed by atoms with E-state index >= 15 is 0 Å². The molecule has 0 radical (unpaired) electrons. The van der Waals surface area contributed by atoms with Gasteiger partial charge in [0.2, 0.25) is 0 Å². The van der Waals surface area contributed by atoms with E-state index in [0.29, 0.717) is 12.1 Å². The molecule has 0 saturated carbocycles. The van der Waals surface area contributed by atoms with Crippen LogP contribution < -0.4 is 5.73 Å². The first-order valence-electron chi connectivity index (χ1n) is 4.23. The maximum atomic E-state index is 12.9. The number of phenols is 1. The molecule has 0 bridgehead atoms. The largest absolute Gasteiger partial charge is 0.505 e. The van der Waals surface area contributed by atoms with Crippen LogP contribution in [0.15, 0.2) is 12.1 Å². The van der Waals surface area contributed by atoms with Crippen molar-refractivity contribution in [2.45, 2.75) is 12.2 Å². The molecular formula is C9H7F4NO3. The predicted molar refractivity (Wildman–Crippen MR) is 48.0 cm³/mol. The highest BCUT2D eigenvalue weighted by molar-refractivity contribution is 5.90. The first-order valence-corrected chi connectivity index (χ1v) is 4.23. The number of aromatic hydroxyl groups is 1. The Morgan fingerprint density at radius 2 is 1.88 bits per heavy atom. The average molecular weight is 253 g/mol. The third-order valence-corrected chi connectivity index (χ3v) is 2.06. The fraction of sp³-hybridized carbons (Fsp3) is 0.222. The van der Waals surface area contributed by atoms with Gasteiger partial charge in [0.05, 0.1) is 5.56 Å². The average Bonchev–Trinajstić information content (AvgIpc) is 2.19. The van der Waals surface area contributed by atoms with Crippen LogP contribution in [0.5, 0.6) is 5.75 Å². The zero-order chi connectivity index (χ0) is 13.4. The molecule has 1 rings (SSSR count). The highest BCUT2D eigenvalue weighted by Crippen LogP contribution is 2.38. The van der Waals surface area contributed by atoms with Crippen LogP contribution in [-0.2, 0) is 0 Å². The fourth-order valence-corrected chi connectivity index (χ4v) is 1.25. The van der Waals surface area contributed by atoms with Gasteiger partial charge in [-0.3, -0.25) is 0 Å². The summed E-state index contributed by atoms with van der Waals surface area (Å²) in [6.45, 7) is 0.